The predicted octanol–water partition coefficient (Wildman–Crippen LogP) is 1.75. The van der Waals surface area contributed by atoms with Gasteiger partial charge in [0.05, 0.1) is 5.02 Å². The molecule has 1 aromatic carbocycles. The summed E-state index contributed by atoms with van der Waals surface area (Å²) in [5.41, 5.74) is 11.7. The van der Waals surface area contributed by atoms with Crippen molar-refractivity contribution in [3.8, 4) is 0 Å². The van der Waals surface area contributed by atoms with Gasteiger partial charge in [0.15, 0.2) is 5.96 Å². The molecule has 1 heterocycles. The van der Waals surface area contributed by atoms with Gasteiger partial charge in [0, 0.05) is 12.6 Å². The highest BCUT2D eigenvalue weighted by molar-refractivity contribution is 6.30. The first-order chi connectivity index (χ1) is 8.99. The first-order valence-electron chi connectivity index (χ1n) is 6.19. The summed E-state index contributed by atoms with van der Waals surface area (Å²) in [6.07, 6.45) is 0.988. The molecule has 2 rings (SSSR count). The zero-order valence-corrected chi connectivity index (χ0v) is 11.6. The number of nitrogens with two attached hydrogens (primary N) is 2. The minimum atomic E-state index is -0.389. The molecule has 104 valence electrons. The third-order valence-electron chi connectivity index (χ3n) is 3.57. The summed E-state index contributed by atoms with van der Waals surface area (Å²) >= 11 is 5.72. The van der Waals surface area contributed by atoms with Gasteiger partial charge in [-0.15, -0.1) is 0 Å². The van der Waals surface area contributed by atoms with E-state index in [0.29, 0.717) is 6.54 Å². The molecule has 0 bridgehead atoms. The zero-order chi connectivity index (χ0) is 14.0. The summed E-state index contributed by atoms with van der Waals surface area (Å²) in [6.45, 7) is 1.50. The van der Waals surface area contributed by atoms with Gasteiger partial charge in [0.25, 0.3) is 0 Å². The second-order valence-electron chi connectivity index (χ2n) is 4.91. The summed E-state index contributed by atoms with van der Waals surface area (Å²) in [5.74, 6) is -0.0108. The van der Waals surface area contributed by atoms with Gasteiger partial charge >= 0.3 is 0 Å². The fraction of sp³-hybridized carbons (Fsp3) is 0.462. The minimum absolute atomic E-state index is 0.0931. The topological polar surface area (TPSA) is 67.6 Å². The van der Waals surface area contributed by atoms with E-state index in [1.54, 1.807) is 6.07 Å². The smallest absolute Gasteiger partial charge is 0.185 e. The van der Waals surface area contributed by atoms with E-state index in [2.05, 4.69) is 9.89 Å². The highest BCUT2D eigenvalue weighted by atomic mass is 35.5. The van der Waals surface area contributed by atoms with Gasteiger partial charge in [0.2, 0.25) is 0 Å². The minimum Gasteiger partial charge on any atom is -0.370 e. The Labute approximate surface area is 117 Å². The van der Waals surface area contributed by atoms with Gasteiger partial charge in [-0.25, -0.2) is 4.39 Å². The quantitative estimate of drug-likeness (QED) is 0.656. The van der Waals surface area contributed by atoms with Gasteiger partial charge in [-0.3, -0.25) is 9.89 Å². The van der Waals surface area contributed by atoms with Crippen LogP contribution in [0.2, 0.25) is 5.02 Å². The van der Waals surface area contributed by atoms with E-state index >= 15 is 0 Å². The number of hydrogen-bond donors (Lipinski definition) is 2. The lowest BCUT2D eigenvalue weighted by Gasteiger charge is -2.24. The van der Waals surface area contributed by atoms with Crippen molar-refractivity contribution in [3.05, 3.63) is 34.6 Å². The van der Waals surface area contributed by atoms with Crippen molar-refractivity contribution in [3.63, 3.8) is 0 Å². The van der Waals surface area contributed by atoms with Crippen LogP contribution in [0.25, 0.3) is 0 Å². The van der Waals surface area contributed by atoms with Gasteiger partial charge in [-0.2, -0.15) is 0 Å². The van der Waals surface area contributed by atoms with Crippen molar-refractivity contribution in [2.75, 3.05) is 20.1 Å². The Morgan fingerprint density at radius 1 is 1.53 bits per heavy atom. The summed E-state index contributed by atoms with van der Waals surface area (Å²) < 4.78 is 13.6. The Kier molecular flexibility index (Phi) is 4.27. The van der Waals surface area contributed by atoms with Crippen molar-refractivity contribution in [1.82, 2.24) is 4.90 Å². The fourth-order valence-corrected chi connectivity index (χ4v) is 2.78. The normalized spacial score (nSPS) is 23.5. The van der Waals surface area contributed by atoms with Crippen LogP contribution < -0.4 is 11.5 Å². The lowest BCUT2D eigenvalue weighted by Crippen LogP contribution is -2.26. The fourth-order valence-electron chi connectivity index (χ4n) is 2.66. The Morgan fingerprint density at radius 2 is 2.26 bits per heavy atom. The number of guanidine groups is 1. The van der Waals surface area contributed by atoms with Gasteiger partial charge in [-0.05, 0) is 43.6 Å². The van der Waals surface area contributed by atoms with Crippen LogP contribution in [0, 0.1) is 11.7 Å². The van der Waals surface area contributed by atoms with E-state index in [1.165, 1.54) is 6.07 Å². The van der Waals surface area contributed by atoms with E-state index in [9.17, 15) is 4.39 Å². The van der Waals surface area contributed by atoms with E-state index < -0.39 is 0 Å². The molecule has 1 saturated heterocycles. The van der Waals surface area contributed by atoms with E-state index in [-0.39, 0.29) is 28.8 Å². The predicted molar refractivity (Wildman–Crippen MR) is 75.6 cm³/mol. The maximum atomic E-state index is 13.6. The Hall–Kier alpha value is -1.33. The number of nitrogens with zero attached hydrogens (tertiary/aromatic N) is 2. The molecule has 4 N–H and O–H groups in total. The van der Waals surface area contributed by atoms with Gasteiger partial charge in [-0.1, -0.05) is 17.7 Å². The van der Waals surface area contributed by atoms with E-state index in [0.717, 1.165) is 18.5 Å². The summed E-state index contributed by atoms with van der Waals surface area (Å²) in [5, 5.41) is 0.144. The molecule has 1 aromatic rings. The SMILES string of the molecule is CN1CCC(CN=C(N)N)C1c1ccc(Cl)c(F)c1. The highest BCUT2D eigenvalue weighted by Gasteiger charge is 2.33. The molecule has 6 heteroatoms. The van der Waals surface area contributed by atoms with Crippen LogP contribution in [0.5, 0.6) is 0 Å². The van der Waals surface area contributed by atoms with Crippen LogP contribution in [0.1, 0.15) is 18.0 Å². The third-order valence-corrected chi connectivity index (χ3v) is 3.87. The van der Waals surface area contributed by atoms with Crippen LogP contribution in [0.15, 0.2) is 23.2 Å². The molecule has 0 amide bonds. The molecule has 1 fully saturated rings. The lowest BCUT2D eigenvalue weighted by atomic mass is 9.94. The Morgan fingerprint density at radius 3 is 2.89 bits per heavy atom. The zero-order valence-electron chi connectivity index (χ0n) is 10.8. The molecular weight excluding hydrogens is 267 g/mol. The third kappa shape index (κ3) is 3.16. The number of likely N-dealkylation sites (tertiary alicyclic amines) is 1. The number of hydrogen-bond acceptors (Lipinski definition) is 2. The van der Waals surface area contributed by atoms with Crippen molar-refractivity contribution in [1.29, 1.82) is 0 Å². The van der Waals surface area contributed by atoms with Crippen LogP contribution in [-0.4, -0.2) is 31.0 Å². The Bertz CT molecular complexity index is 488. The van der Waals surface area contributed by atoms with E-state index in [4.69, 9.17) is 23.1 Å². The van der Waals surface area contributed by atoms with Crippen LogP contribution >= 0.6 is 11.6 Å². The molecular formula is C13H18ClFN4. The summed E-state index contributed by atoms with van der Waals surface area (Å²) in [7, 11) is 2.02. The average Bonchev–Trinajstić information content (AvgIpc) is 2.71. The summed E-state index contributed by atoms with van der Waals surface area (Å²) in [6, 6.07) is 5.07. The standard InChI is InChI=1S/C13H18ClFN4/c1-19-5-4-9(7-18-13(16)17)12(19)8-2-3-10(14)11(15)6-8/h2-3,6,9,12H,4-5,7H2,1H3,(H4,16,17,18). The number of aliphatic imine (C=N–C) groups is 1. The number of rotatable bonds is 3. The van der Waals surface area contributed by atoms with Gasteiger partial charge in [0.1, 0.15) is 5.82 Å². The van der Waals surface area contributed by atoms with Crippen LogP contribution in [0.3, 0.4) is 0 Å². The molecule has 2 atom stereocenters. The van der Waals surface area contributed by atoms with Crippen molar-refractivity contribution >= 4 is 17.6 Å². The molecule has 0 aromatic heterocycles. The average molecular weight is 285 g/mol. The number of halogens is 2. The number of benzene rings is 1. The first kappa shape index (κ1) is 14.1. The van der Waals surface area contributed by atoms with Crippen molar-refractivity contribution in [2.45, 2.75) is 12.5 Å². The second kappa shape index (κ2) is 5.75. The van der Waals surface area contributed by atoms with Crippen molar-refractivity contribution in [2.24, 2.45) is 22.4 Å². The first-order valence-corrected chi connectivity index (χ1v) is 6.57. The Balaban J connectivity index is 2.23. The molecule has 1 aliphatic rings. The lowest BCUT2D eigenvalue weighted by molar-refractivity contribution is 0.279. The molecule has 4 nitrogen and oxygen atoms in total. The molecule has 1 aliphatic heterocycles. The molecule has 0 spiro atoms. The largest absolute Gasteiger partial charge is 0.370 e. The van der Waals surface area contributed by atoms with Crippen LogP contribution in [0.4, 0.5) is 4.39 Å². The highest BCUT2D eigenvalue weighted by Crippen LogP contribution is 2.37. The maximum Gasteiger partial charge on any atom is 0.185 e. The molecule has 0 radical (unpaired) electrons. The van der Waals surface area contributed by atoms with Gasteiger partial charge < -0.3 is 11.5 Å². The maximum absolute atomic E-state index is 13.6. The van der Waals surface area contributed by atoms with Crippen molar-refractivity contribution < 1.29 is 4.39 Å². The molecule has 0 saturated carbocycles. The molecule has 19 heavy (non-hydrogen) atoms. The monoisotopic (exact) mass is 284 g/mol. The molecule has 0 aliphatic carbocycles. The second-order valence-corrected chi connectivity index (χ2v) is 5.32. The van der Waals surface area contributed by atoms with E-state index in [1.807, 2.05) is 13.1 Å². The summed E-state index contributed by atoms with van der Waals surface area (Å²) in [4.78, 5) is 6.27. The van der Waals surface area contributed by atoms with Crippen LogP contribution in [-0.2, 0) is 0 Å². The molecule has 2 unspecified atom stereocenters.